The second-order valence-electron chi connectivity index (χ2n) is 4.77. The van der Waals surface area contributed by atoms with E-state index in [1.54, 1.807) is 25.4 Å². The third-order valence-corrected chi connectivity index (χ3v) is 5.94. The molecule has 8 heteroatoms. The normalized spacial score (nSPS) is 13.4. The van der Waals surface area contributed by atoms with Gasteiger partial charge in [0.25, 0.3) is 10.0 Å². The standard InChI is InChI=1S/C13H20N4O2S2/c1-3-4-14-8-11-7-12(20-9-11)21(18,19)17-10(2)13-15-5-6-16-13/h5-7,9-10,14,17H,3-4,8H2,1-2H3,(H,15,16). The molecule has 0 amide bonds. The summed E-state index contributed by atoms with van der Waals surface area (Å²) in [5.41, 5.74) is 0.986. The fourth-order valence-electron chi connectivity index (χ4n) is 1.86. The number of aromatic amines is 1. The molecule has 2 aromatic heterocycles. The number of aromatic nitrogens is 2. The smallest absolute Gasteiger partial charge is 0.250 e. The summed E-state index contributed by atoms with van der Waals surface area (Å²) in [7, 11) is -3.51. The summed E-state index contributed by atoms with van der Waals surface area (Å²) in [4.78, 5) is 6.97. The fraction of sp³-hybridized carbons (Fsp3) is 0.462. The Morgan fingerprint density at radius 3 is 2.95 bits per heavy atom. The van der Waals surface area contributed by atoms with E-state index in [9.17, 15) is 8.42 Å². The molecule has 0 saturated heterocycles. The van der Waals surface area contributed by atoms with Crippen molar-refractivity contribution < 1.29 is 8.42 Å². The number of nitrogens with zero attached hydrogens (tertiary/aromatic N) is 1. The molecular formula is C13H20N4O2S2. The molecule has 0 aliphatic rings. The molecule has 0 aromatic carbocycles. The second-order valence-corrected chi connectivity index (χ2v) is 7.62. The zero-order chi connectivity index (χ0) is 15.3. The van der Waals surface area contributed by atoms with Gasteiger partial charge in [0.15, 0.2) is 0 Å². The maximum absolute atomic E-state index is 12.3. The van der Waals surface area contributed by atoms with E-state index in [0.29, 0.717) is 16.6 Å². The first-order chi connectivity index (χ1) is 10.0. The summed E-state index contributed by atoms with van der Waals surface area (Å²) >= 11 is 1.23. The van der Waals surface area contributed by atoms with Gasteiger partial charge in [0.2, 0.25) is 0 Å². The van der Waals surface area contributed by atoms with E-state index in [2.05, 4.69) is 26.9 Å². The molecule has 0 aliphatic heterocycles. The molecule has 0 spiro atoms. The molecule has 21 heavy (non-hydrogen) atoms. The van der Waals surface area contributed by atoms with Crippen molar-refractivity contribution >= 4 is 21.4 Å². The molecule has 6 nitrogen and oxygen atoms in total. The van der Waals surface area contributed by atoms with Gasteiger partial charge in [0.05, 0.1) is 6.04 Å². The van der Waals surface area contributed by atoms with Gasteiger partial charge in [-0.25, -0.2) is 18.1 Å². The minimum absolute atomic E-state index is 0.328. The van der Waals surface area contributed by atoms with Crippen LogP contribution in [0.3, 0.4) is 0 Å². The molecule has 1 atom stereocenters. The number of hydrogen-bond acceptors (Lipinski definition) is 5. The van der Waals surface area contributed by atoms with Gasteiger partial charge in [-0.2, -0.15) is 0 Å². The van der Waals surface area contributed by atoms with E-state index in [1.165, 1.54) is 11.3 Å². The predicted molar refractivity (Wildman–Crippen MR) is 83.6 cm³/mol. The average molecular weight is 328 g/mol. The Balaban J connectivity index is 2.02. The molecule has 3 N–H and O–H groups in total. The first kappa shape index (κ1) is 16.2. The van der Waals surface area contributed by atoms with Crippen molar-refractivity contribution in [3.63, 3.8) is 0 Å². The molecule has 0 bridgehead atoms. The van der Waals surface area contributed by atoms with Gasteiger partial charge < -0.3 is 10.3 Å². The van der Waals surface area contributed by atoms with Crippen LogP contribution in [0.5, 0.6) is 0 Å². The van der Waals surface area contributed by atoms with Crippen molar-refractivity contribution in [3.05, 3.63) is 35.2 Å². The molecule has 2 aromatic rings. The van der Waals surface area contributed by atoms with Crippen LogP contribution in [0.1, 0.15) is 37.7 Å². The highest BCUT2D eigenvalue weighted by molar-refractivity contribution is 7.91. The number of thiophene rings is 1. The first-order valence-electron chi connectivity index (χ1n) is 6.82. The zero-order valence-corrected chi connectivity index (χ0v) is 13.7. The highest BCUT2D eigenvalue weighted by Gasteiger charge is 2.21. The number of H-pyrrole nitrogens is 1. The molecule has 1 unspecified atom stereocenters. The van der Waals surface area contributed by atoms with Gasteiger partial charge >= 0.3 is 0 Å². The number of imidazole rings is 1. The number of nitrogens with one attached hydrogen (secondary N) is 3. The van der Waals surface area contributed by atoms with E-state index >= 15 is 0 Å². The van der Waals surface area contributed by atoms with Crippen LogP contribution >= 0.6 is 11.3 Å². The molecule has 0 aliphatic carbocycles. The average Bonchev–Trinajstić information content (AvgIpc) is 3.10. The van der Waals surface area contributed by atoms with E-state index in [-0.39, 0.29) is 0 Å². The Morgan fingerprint density at radius 2 is 2.29 bits per heavy atom. The topological polar surface area (TPSA) is 86.9 Å². The van der Waals surface area contributed by atoms with E-state index in [1.807, 2.05) is 5.38 Å². The Labute approximate surface area is 129 Å². The van der Waals surface area contributed by atoms with Gasteiger partial charge in [-0.1, -0.05) is 6.92 Å². The molecule has 116 valence electrons. The summed E-state index contributed by atoms with van der Waals surface area (Å²) < 4.78 is 27.6. The van der Waals surface area contributed by atoms with Crippen LogP contribution in [0.2, 0.25) is 0 Å². The monoisotopic (exact) mass is 328 g/mol. The summed E-state index contributed by atoms with van der Waals surface area (Å²) in [6.45, 7) is 5.46. The van der Waals surface area contributed by atoms with Gasteiger partial charge in [-0.05, 0) is 36.9 Å². The SMILES string of the molecule is CCCNCc1csc(S(=O)(=O)NC(C)c2ncc[nH]2)c1. The maximum atomic E-state index is 12.3. The number of sulfonamides is 1. The summed E-state index contributed by atoms with van der Waals surface area (Å²) in [6, 6.07) is 1.32. The highest BCUT2D eigenvalue weighted by Crippen LogP contribution is 2.22. The summed E-state index contributed by atoms with van der Waals surface area (Å²) in [5, 5.41) is 5.13. The molecule has 2 rings (SSSR count). The lowest BCUT2D eigenvalue weighted by Gasteiger charge is -2.10. The maximum Gasteiger partial charge on any atom is 0.250 e. The number of hydrogen-bond donors (Lipinski definition) is 3. The van der Waals surface area contributed by atoms with Crippen LogP contribution in [-0.2, 0) is 16.6 Å². The Bertz CT molecular complexity index is 650. The highest BCUT2D eigenvalue weighted by atomic mass is 32.2. The van der Waals surface area contributed by atoms with Crippen molar-refractivity contribution in [2.24, 2.45) is 0 Å². The predicted octanol–water partition coefficient (Wildman–Crippen LogP) is 2.01. The van der Waals surface area contributed by atoms with Crippen molar-refractivity contribution in [2.45, 2.75) is 37.1 Å². The van der Waals surface area contributed by atoms with Crippen molar-refractivity contribution in [2.75, 3.05) is 6.54 Å². The van der Waals surface area contributed by atoms with Crippen molar-refractivity contribution in [1.82, 2.24) is 20.0 Å². The zero-order valence-electron chi connectivity index (χ0n) is 12.1. The Morgan fingerprint density at radius 1 is 1.48 bits per heavy atom. The third kappa shape index (κ3) is 4.37. The van der Waals surface area contributed by atoms with E-state index < -0.39 is 16.1 Å². The molecular weight excluding hydrogens is 308 g/mol. The van der Waals surface area contributed by atoms with Gasteiger partial charge in [-0.15, -0.1) is 11.3 Å². The number of rotatable bonds is 8. The lowest BCUT2D eigenvalue weighted by molar-refractivity contribution is 0.563. The van der Waals surface area contributed by atoms with Crippen molar-refractivity contribution in [3.8, 4) is 0 Å². The fourth-order valence-corrected chi connectivity index (χ4v) is 4.29. The summed E-state index contributed by atoms with van der Waals surface area (Å²) in [6.07, 6.45) is 4.32. The Kier molecular flexibility index (Phi) is 5.51. The van der Waals surface area contributed by atoms with Gasteiger partial charge in [0.1, 0.15) is 10.0 Å². The minimum atomic E-state index is -3.51. The van der Waals surface area contributed by atoms with Crippen LogP contribution < -0.4 is 10.0 Å². The summed E-state index contributed by atoms with van der Waals surface area (Å²) in [5.74, 6) is 0.597. The van der Waals surface area contributed by atoms with E-state index in [0.717, 1.165) is 18.5 Å². The van der Waals surface area contributed by atoms with Crippen LogP contribution in [0, 0.1) is 0 Å². The Hall–Kier alpha value is -1.22. The van der Waals surface area contributed by atoms with Crippen LogP contribution in [0.25, 0.3) is 0 Å². The first-order valence-corrected chi connectivity index (χ1v) is 9.19. The van der Waals surface area contributed by atoms with Crippen LogP contribution in [0.4, 0.5) is 0 Å². The van der Waals surface area contributed by atoms with Gasteiger partial charge in [0, 0.05) is 18.9 Å². The van der Waals surface area contributed by atoms with E-state index in [4.69, 9.17) is 0 Å². The quantitative estimate of drug-likeness (QED) is 0.647. The molecule has 2 heterocycles. The third-order valence-electron chi connectivity index (χ3n) is 2.91. The lowest BCUT2D eigenvalue weighted by atomic mass is 10.3. The van der Waals surface area contributed by atoms with Gasteiger partial charge in [-0.3, -0.25) is 0 Å². The largest absolute Gasteiger partial charge is 0.347 e. The van der Waals surface area contributed by atoms with Crippen LogP contribution in [0.15, 0.2) is 28.0 Å². The lowest BCUT2D eigenvalue weighted by Crippen LogP contribution is -2.27. The molecule has 0 saturated carbocycles. The minimum Gasteiger partial charge on any atom is -0.347 e. The van der Waals surface area contributed by atoms with Crippen molar-refractivity contribution in [1.29, 1.82) is 0 Å². The van der Waals surface area contributed by atoms with Crippen LogP contribution in [-0.4, -0.2) is 24.9 Å². The molecule has 0 fully saturated rings. The molecule has 0 radical (unpaired) electrons. The second kappa shape index (κ2) is 7.17.